The molecule has 0 aliphatic heterocycles. The highest BCUT2D eigenvalue weighted by Gasteiger charge is 2.33. The van der Waals surface area contributed by atoms with E-state index in [9.17, 15) is 10.2 Å². The van der Waals surface area contributed by atoms with Gasteiger partial charge in [-0.05, 0) is 53.6 Å². The van der Waals surface area contributed by atoms with Gasteiger partial charge in [0.2, 0.25) is 0 Å². The second kappa shape index (κ2) is 13.9. The quantitative estimate of drug-likeness (QED) is 0.293. The number of unbranched alkanes of at least 4 members (excludes halogenated alkanes) is 2. The standard InChI is InChI=1S/C30H46O5/c1-6-8-18-30(19-9-7-2,23-10-14-26(15-11-23)34-21-25(32)20-31)24-12-16-27(17-13-24)35-22-28(33)29(3,4)5/h10-17,25,28,31-33H,6-9,18-22H2,1-5H3. The zero-order valence-corrected chi connectivity index (χ0v) is 22.3. The Morgan fingerprint density at radius 3 is 1.51 bits per heavy atom. The lowest BCUT2D eigenvalue weighted by Gasteiger charge is -2.36. The summed E-state index contributed by atoms with van der Waals surface area (Å²) in [4.78, 5) is 0. The van der Waals surface area contributed by atoms with Crippen molar-refractivity contribution in [3.05, 3.63) is 59.7 Å². The summed E-state index contributed by atoms with van der Waals surface area (Å²) in [6.07, 6.45) is 5.19. The van der Waals surface area contributed by atoms with E-state index in [4.69, 9.17) is 14.6 Å². The maximum absolute atomic E-state index is 10.3. The first-order valence-electron chi connectivity index (χ1n) is 13.1. The Balaban J connectivity index is 2.32. The van der Waals surface area contributed by atoms with E-state index in [-0.39, 0.29) is 30.7 Å². The van der Waals surface area contributed by atoms with Gasteiger partial charge in [0.25, 0.3) is 0 Å². The molecule has 0 bridgehead atoms. The molecule has 0 fully saturated rings. The fourth-order valence-corrected chi connectivity index (χ4v) is 4.24. The molecule has 196 valence electrons. The Hall–Kier alpha value is -2.08. The fraction of sp³-hybridized carbons (Fsp3) is 0.600. The van der Waals surface area contributed by atoms with Crippen LogP contribution in [0.2, 0.25) is 0 Å². The lowest BCUT2D eigenvalue weighted by atomic mass is 9.68. The van der Waals surface area contributed by atoms with E-state index in [2.05, 4.69) is 38.1 Å². The van der Waals surface area contributed by atoms with Crippen molar-refractivity contribution in [1.82, 2.24) is 0 Å². The van der Waals surface area contributed by atoms with Gasteiger partial charge in [0.1, 0.15) is 30.8 Å². The van der Waals surface area contributed by atoms with Crippen LogP contribution in [0.3, 0.4) is 0 Å². The minimum Gasteiger partial charge on any atom is -0.491 e. The molecule has 0 saturated heterocycles. The van der Waals surface area contributed by atoms with Crippen molar-refractivity contribution in [2.24, 2.45) is 5.41 Å². The van der Waals surface area contributed by atoms with E-state index in [1.807, 2.05) is 45.0 Å². The molecule has 0 amide bonds. The van der Waals surface area contributed by atoms with Crippen molar-refractivity contribution in [3.8, 4) is 11.5 Å². The van der Waals surface area contributed by atoms with E-state index in [0.717, 1.165) is 44.3 Å². The van der Waals surface area contributed by atoms with E-state index in [1.54, 1.807) is 0 Å². The van der Waals surface area contributed by atoms with Gasteiger partial charge in [-0.1, -0.05) is 84.6 Å². The molecular weight excluding hydrogens is 440 g/mol. The van der Waals surface area contributed by atoms with Crippen LogP contribution in [-0.2, 0) is 5.41 Å². The van der Waals surface area contributed by atoms with Gasteiger partial charge < -0.3 is 24.8 Å². The van der Waals surface area contributed by atoms with E-state index in [1.165, 1.54) is 11.1 Å². The highest BCUT2D eigenvalue weighted by atomic mass is 16.5. The number of hydrogen-bond acceptors (Lipinski definition) is 5. The number of rotatable bonds is 15. The third-order valence-corrected chi connectivity index (χ3v) is 6.79. The van der Waals surface area contributed by atoms with Gasteiger partial charge in [0.15, 0.2) is 0 Å². The van der Waals surface area contributed by atoms with Crippen LogP contribution in [0.4, 0.5) is 0 Å². The van der Waals surface area contributed by atoms with E-state index in [0.29, 0.717) is 5.75 Å². The van der Waals surface area contributed by atoms with Crippen molar-refractivity contribution in [1.29, 1.82) is 0 Å². The number of hydrogen-bond donors (Lipinski definition) is 3. The Kier molecular flexibility index (Phi) is 11.5. The van der Waals surface area contributed by atoms with Crippen molar-refractivity contribution >= 4 is 0 Å². The molecule has 0 aliphatic carbocycles. The molecule has 2 unspecified atom stereocenters. The Bertz CT molecular complexity index is 831. The molecule has 3 N–H and O–H groups in total. The van der Waals surface area contributed by atoms with Gasteiger partial charge in [-0.2, -0.15) is 0 Å². The summed E-state index contributed by atoms with van der Waals surface area (Å²) in [6.45, 7) is 10.5. The Morgan fingerprint density at radius 2 is 1.14 bits per heavy atom. The van der Waals surface area contributed by atoms with E-state index < -0.39 is 12.2 Å². The summed E-state index contributed by atoms with van der Waals surface area (Å²) in [5.74, 6) is 1.45. The minimum atomic E-state index is -0.881. The minimum absolute atomic E-state index is 0.0675. The molecule has 5 heteroatoms. The molecule has 0 aliphatic rings. The number of aliphatic hydroxyl groups is 3. The average Bonchev–Trinajstić information content (AvgIpc) is 2.86. The topological polar surface area (TPSA) is 79.2 Å². The molecule has 0 radical (unpaired) electrons. The monoisotopic (exact) mass is 486 g/mol. The van der Waals surface area contributed by atoms with Crippen LogP contribution >= 0.6 is 0 Å². The summed E-state index contributed by atoms with van der Waals surface area (Å²) >= 11 is 0. The van der Waals surface area contributed by atoms with Crippen LogP contribution in [0.5, 0.6) is 11.5 Å². The van der Waals surface area contributed by atoms with Gasteiger partial charge in [0.05, 0.1) is 12.7 Å². The number of benzene rings is 2. The highest BCUT2D eigenvalue weighted by Crippen LogP contribution is 2.43. The van der Waals surface area contributed by atoms with Crippen LogP contribution in [0.1, 0.15) is 84.3 Å². The first-order valence-corrected chi connectivity index (χ1v) is 13.1. The second-order valence-corrected chi connectivity index (χ2v) is 10.7. The molecule has 2 atom stereocenters. The van der Waals surface area contributed by atoms with Crippen LogP contribution in [0.25, 0.3) is 0 Å². The molecule has 2 rings (SSSR count). The normalized spacial score (nSPS) is 13.9. The average molecular weight is 487 g/mol. The molecule has 35 heavy (non-hydrogen) atoms. The first-order chi connectivity index (χ1) is 16.7. The van der Waals surface area contributed by atoms with Crippen LogP contribution < -0.4 is 9.47 Å². The predicted octanol–water partition coefficient (Wildman–Crippen LogP) is 5.87. The third-order valence-electron chi connectivity index (χ3n) is 6.79. The van der Waals surface area contributed by atoms with Gasteiger partial charge in [-0.3, -0.25) is 0 Å². The van der Waals surface area contributed by atoms with Crippen molar-refractivity contribution < 1.29 is 24.8 Å². The third kappa shape index (κ3) is 8.52. The maximum Gasteiger partial charge on any atom is 0.119 e. The molecule has 0 aromatic heterocycles. The largest absolute Gasteiger partial charge is 0.491 e. The molecule has 5 nitrogen and oxygen atoms in total. The molecule has 0 heterocycles. The van der Waals surface area contributed by atoms with Gasteiger partial charge >= 0.3 is 0 Å². The van der Waals surface area contributed by atoms with Crippen molar-refractivity contribution in [2.75, 3.05) is 19.8 Å². The highest BCUT2D eigenvalue weighted by molar-refractivity contribution is 5.43. The molecule has 2 aromatic rings. The zero-order valence-electron chi connectivity index (χ0n) is 22.3. The summed E-state index contributed by atoms with van der Waals surface area (Å²) < 4.78 is 11.5. The summed E-state index contributed by atoms with van der Waals surface area (Å²) in [5, 5.41) is 28.9. The fourth-order valence-electron chi connectivity index (χ4n) is 4.24. The molecule has 0 saturated carbocycles. The number of aliphatic hydroxyl groups excluding tert-OH is 3. The van der Waals surface area contributed by atoms with Gasteiger partial charge in [-0.25, -0.2) is 0 Å². The van der Waals surface area contributed by atoms with Crippen molar-refractivity contribution in [3.63, 3.8) is 0 Å². The number of ether oxygens (including phenoxy) is 2. The lowest BCUT2D eigenvalue weighted by molar-refractivity contribution is 0.0218. The maximum atomic E-state index is 10.3. The molecular formula is C30H46O5. The van der Waals surface area contributed by atoms with Gasteiger partial charge in [-0.15, -0.1) is 0 Å². The van der Waals surface area contributed by atoms with Crippen LogP contribution in [0, 0.1) is 5.41 Å². The lowest BCUT2D eigenvalue weighted by Crippen LogP contribution is -2.32. The smallest absolute Gasteiger partial charge is 0.119 e. The SMILES string of the molecule is CCCCC(CCCC)(c1ccc(OCC(O)CO)cc1)c1ccc(OCC(O)C(C)(C)C)cc1. The zero-order chi connectivity index (χ0) is 25.9. The molecule has 2 aromatic carbocycles. The first kappa shape index (κ1) is 29.2. The van der Waals surface area contributed by atoms with Crippen LogP contribution in [-0.4, -0.2) is 47.3 Å². The Labute approximate surface area is 212 Å². The predicted molar refractivity (Wildman–Crippen MR) is 142 cm³/mol. The van der Waals surface area contributed by atoms with Crippen molar-refractivity contribution in [2.45, 2.75) is 90.8 Å². The summed E-state index contributed by atoms with van der Waals surface area (Å²) in [7, 11) is 0. The summed E-state index contributed by atoms with van der Waals surface area (Å²) in [6, 6.07) is 16.6. The van der Waals surface area contributed by atoms with Gasteiger partial charge in [0, 0.05) is 5.41 Å². The van der Waals surface area contributed by atoms with E-state index >= 15 is 0 Å². The Morgan fingerprint density at radius 1 is 0.714 bits per heavy atom. The molecule has 0 spiro atoms. The van der Waals surface area contributed by atoms with Crippen LogP contribution in [0.15, 0.2) is 48.5 Å². The second-order valence-electron chi connectivity index (χ2n) is 10.7. The summed E-state index contributed by atoms with van der Waals surface area (Å²) in [5.41, 5.74) is 2.19.